The van der Waals surface area contributed by atoms with Gasteiger partial charge in [0.2, 0.25) is 5.91 Å². The summed E-state index contributed by atoms with van der Waals surface area (Å²) in [6.07, 6.45) is 4.00. The van der Waals surface area contributed by atoms with E-state index in [1.165, 1.54) is 24.1 Å². The lowest BCUT2D eigenvalue weighted by Crippen LogP contribution is -2.32. The van der Waals surface area contributed by atoms with Crippen molar-refractivity contribution in [3.05, 3.63) is 65.2 Å². The average Bonchev–Trinajstić information content (AvgIpc) is 2.69. The van der Waals surface area contributed by atoms with Crippen molar-refractivity contribution in [1.29, 1.82) is 0 Å². The Balaban J connectivity index is 1.53. The van der Waals surface area contributed by atoms with Gasteiger partial charge in [-0.15, -0.1) is 0 Å². The van der Waals surface area contributed by atoms with Crippen LogP contribution in [0, 0.1) is 5.92 Å². The Morgan fingerprint density at radius 1 is 1.04 bits per heavy atom. The lowest BCUT2D eigenvalue weighted by molar-refractivity contribution is -0.121. The average molecular weight is 365 g/mol. The number of nitrogens with zero attached hydrogens (tertiary/aromatic N) is 1. The molecule has 1 aliphatic heterocycles. The van der Waals surface area contributed by atoms with E-state index in [9.17, 15) is 4.79 Å². The van der Waals surface area contributed by atoms with E-state index in [1.807, 2.05) is 0 Å². The van der Waals surface area contributed by atoms with Gasteiger partial charge in [-0.05, 0) is 60.9 Å². The molecule has 1 amide bonds. The molecule has 1 atom stereocenters. The van der Waals surface area contributed by atoms with Crippen LogP contribution in [0.25, 0.3) is 0 Å². The van der Waals surface area contributed by atoms with Crippen molar-refractivity contribution in [1.82, 2.24) is 5.32 Å². The maximum Gasteiger partial charge on any atom is 0.224 e. The normalized spacial score (nSPS) is 16.2. The van der Waals surface area contributed by atoms with Crippen LogP contribution in [-0.4, -0.2) is 19.0 Å². The molecule has 0 radical (unpaired) electrons. The first-order chi connectivity index (χ1) is 13.0. The summed E-state index contributed by atoms with van der Waals surface area (Å²) in [5.41, 5.74) is 4.81. The molecular weight excluding hydrogens is 332 g/mol. The smallest absolute Gasteiger partial charge is 0.224 e. The van der Waals surface area contributed by atoms with Crippen molar-refractivity contribution in [2.45, 2.75) is 52.5 Å². The van der Waals surface area contributed by atoms with E-state index in [2.05, 4.69) is 79.5 Å². The van der Waals surface area contributed by atoms with Crippen molar-refractivity contribution in [2.75, 3.05) is 18.0 Å². The number of hydrogen-bond donors (Lipinski definition) is 1. The van der Waals surface area contributed by atoms with Gasteiger partial charge in [0, 0.05) is 18.8 Å². The Kier molecular flexibility index (Phi) is 6.54. The highest BCUT2D eigenvalue weighted by Crippen LogP contribution is 2.24. The highest BCUT2D eigenvalue weighted by Gasteiger charge is 2.16. The number of piperidine rings is 1. The summed E-state index contributed by atoms with van der Waals surface area (Å²) in [6, 6.07) is 17.0. The minimum atomic E-state index is 0.0165. The summed E-state index contributed by atoms with van der Waals surface area (Å²) >= 11 is 0. The summed E-state index contributed by atoms with van der Waals surface area (Å²) < 4.78 is 0. The standard InChI is InChI=1S/C24H32N2O/c1-4-20-5-7-21(8-6-20)17-24(27)25-19(3)22-9-11-23(12-10-22)26-15-13-18(2)14-16-26/h5-12,18-19H,4,13-17H2,1-3H3,(H,25,27). The van der Waals surface area contributed by atoms with Gasteiger partial charge in [0.1, 0.15) is 0 Å². The Hall–Kier alpha value is -2.29. The second-order valence-electron chi connectivity index (χ2n) is 7.90. The third kappa shape index (κ3) is 5.35. The van der Waals surface area contributed by atoms with Crippen LogP contribution >= 0.6 is 0 Å². The summed E-state index contributed by atoms with van der Waals surface area (Å²) in [6.45, 7) is 8.81. The lowest BCUT2D eigenvalue weighted by atomic mass is 9.98. The molecule has 0 aromatic heterocycles. The molecule has 1 fully saturated rings. The minimum Gasteiger partial charge on any atom is -0.372 e. The topological polar surface area (TPSA) is 32.3 Å². The zero-order chi connectivity index (χ0) is 19.2. The third-order valence-electron chi connectivity index (χ3n) is 5.72. The van der Waals surface area contributed by atoms with Crippen LogP contribution in [0.3, 0.4) is 0 Å². The Morgan fingerprint density at radius 3 is 2.22 bits per heavy atom. The SMILES string of the molecule is CCc1ccc(CC(=O)NC(C)c2ccc(N3CCC(C)CC3)cc2)cc1. The van der Waals surface area contributed by atoms with Crippen LogP contribution in [0.1, 0.15) is 56.3 Å². The van der Waals surface area contributed by atoms with E-state index in [4.69, 9.17) is 0 Å². The number of rotatable bonds is 6. The fourth-order valence-electron chi connectivity index (χ4n) is 3.69. The van der Waals surface area contributed by atoms with Crippen molar-refractivity contribution in [3.8, 4) is 0 Å². The Morgan fingerprint density at radius 2 is 1.63 bits per heavy atom. The molecule has 1 heterocycles. The van der Waals surface area contributed by atoms with E-state index in [0.717, 1.165) is 36.6 Å². The maximum absolute atomic E-state index is 12.4. The van der Waals surface area contributed by atoms with Gasteiger partial charge in [-0.25, -0.2) is 0 Å². The van der Waals surface area contributed by atoms with E-state index in [-0.39, 0.29) is 11.9 Å². The van der Waals surface area contributed by atoms with Gasteiger partial charge in [-0.3, -0.25) is 4.79 Å². The number of benzene rings is 2. The zero-order valence-corrected chi connectivity index (χ0v) is 16.9. The van der Waals surface area contributed by atoms with Gasteiger partial charge >= 0.3 is 0 Å². The minimum absolute atomic E-state index is 0.0165. The first-order valence-electron chi connectivity index (χ1n) is 10.3. The van der Waals surface area contributed by atoms with E-state index in [1.54, 1.807) is 0 Å². The molecule has 2 aromatic carbocycles. The largest absolute Gasteiger partial charge is 0.372 e. The second-order valence-corrected chi connectivity index (χ2v) is 7.90. The van der Waals surface area contributed by atoms with Crippen molar-refractivity contribution in [3.63, 3.8) is 0 Å². The maximum atomic E-state index is 12.4. The van der Waals surface area contributed by atoms with Crippen LogP contribution in [0.4, 0.5) is 5.69 Å². The lowest BCUT2D eigenvalue weighted by Gasteiger charge is -2.32. The monoisotopic (exact) mass is 364 g/mol. The number of anilines is 1. The predicted octanol–water partition coefficient (Wildman–Crippen LogP) is 4.91. The van der Waals surface area contributed by atoms with Gasteiger partial charge in [0.05, 0.1) is 12.5 Å². The number of hydrogen-bond acceptors (Lipinski definition) is 2. The van der Waals surface area contributed by atoms with Crippen molar-refractivity contribution < 1.29 is 4.79 Å². The van der Waals surface area contributed by atoms with Gasteiger partial charge in [-0.2, -0.15) is 0 Å². The highest BCUT2D eigenvalue weighted by atomic mass is 16.1. The molecule has 3 rings (SSSR count). The molecule has 2 aromatic rings. The van der Waals surface area contributed by atoms with Crippen LogP contribution < -0.4 is 10.2 Å². The molecule has 3 nitrogen and oxygen atoms in total. The molecular formula is C24H32N2O. The van der Waals surface area contributed by atoms with E-state index in [0.29, 0.717) is 6.42 Å². The van der Waals surface area contributed by atoms with Gasteiger partial charge in [0.25, 0.3) is 0 Å². The van der Waals surface area contributed by atoms with Crippen LogP contribution in [0.15, 0.2) is 48.5 Å². The molecule has 0 saturated carbocycles. The summed E-state index contributed by atoms with van der Waals surface area (Å²) in [5.74, 6) is 0.912. The number of carbonyl (C=O) groups is 1. The van der Waals surface area contributed by atoms with Crippen molar-refractivity contribution >= 4 is 11.6 Å². The zero-order valence-electron chi connectivity index (χ0n) is 16.9. The second kappa shape index (κ2) is 9.07. The van der Waals surface area contributed by atoms with Gasteiger partial charge in [-0.1, -0.05) is 50.2 Å². The number of amides is 1. The van der Waals surface area contributed by atoms with Crippen molar-refractivity contribution in [2.24, 2.45) is 5.92 Å². The third-order valence-corrected chi connectivity index (χ3v) is 5.72. The van der Waals surface area contributed by atoms with Crippen LogP contribution in [0.5, 0.6) is 0 Å². The molecule has 0 spiro atoms. The molecule has 0 aliphatic carbocycles. The number of carbonyl (C=O) groups excluding carboxylic acids is 1. The molecule has 1 aliphatic rings. The molecule has 1 N–H and O–H groups in total. The quantitative estimate of drug-likeness (QED) is 0.790. The van der Waals surface area contributed by atoms with Gasteiger partial charge < -0.3 is 10.2 Å². The molecule has 1 unspecified atom stereocenters. The Labute approximate surface area is 163 Å². The molecule has 144 valence electrons. The first-order valence-corrected chi connectivity index (χ1v) is 10.3. The molecule has 1 saturated heterocycles. The number of nitrogens with one attached hydrogen (secondary N) is 1. The van der Waals surface area contributed by atoms with E-state index >= 15 is 0 Å². The number of aryl methyl sites for hydroxylation is 1. The van der Waals surface area contributed by atoms with E-state index < -0.39 is 0 Å². The summed E-state index contributed by atoms with van der Waals surface area (Å²) in [4.78, 5) is 14.8. The summed E-state index contributed by atoms with van der Waals surface area (Å²) in [5, 5.41) is 3.13. The fourth-order valence-corrected chi connectivity index (χ4v) is 3.69. The molecule has 27 heavy (non-hydrogen) atoms. The first kappa shape index (κ1) is 19.5. The summed E-state index contributed by atoms with van der Waals surface area (Å²) in [7, 11) is 0. The molecule has 3 heteroatoms. The fraction of sp³-hybridized carbons (Fsp3) is 0.458. The van der Waals surface area contributed by atoms with Gasteiger partial charge in [0.15, 0.2) is 0 Å². The van der Waals surface area contributed by atoms with Crippen LogP contribution in [-0.2, 0) is 17.6 Å². The molecule has 0 bridgehead atoms. The van der Waals surface area contributed by atoms with Crippen LogP contribution in [0.2, 0.25) is 0 Å². The highest BCUT2D eigenvalue weighted by molar-refractivity contribution is 5.79. The Bertz CT molecular complexity index is 728. The predicted molar refractivity (Wildman–Crippen MR) is 113 cm³/mol.